The van der Waals surface area contributed by atoms with Crippen LogP contribution in [-0.4, -0.2) is 19.5 Å². The third kappa shape index (κ3) is 2.14. The smallest absolute Gasteiger partial charge is 0.179 e. The number of hydrogen-bond donors (Lipinski definition) is 0. The molecule has 0 N–H and O–H groups in total. The Kier molecular flexibility index (Phi) is 3.34. The second kappa shape index (κ2) is 4.74. The van der Waals surface area contributed by atoms with E-state index in [2.05, 4.69) is 0 Å². The van der Waals surface area contributed by atoms with Crippen LogP contribution in [0, 0.1) is 0 Å². The van der Waals surface area contributed by atoms with Crippen molar-refractivity contribution in [3.05, 3.63) is 22.7 Å². The Morgan fingerprint density at radius 2 is 2.12 bits per heavy atom. The minimum absolute atomic E-state index is 0.186. The van der Waals surface area contributed by atoms with E-state index in [4.69, 9.17) is 21.1 Å². The van der Waals surface area contributed by atoms with Gasteiger partial charge in [0.2, 0.25) is 0 Å². The van der Waals surface area contributed by atoms with Crippen LogP contribution >= 0.6 is 11.6 Å². The van der Waals surface area contributed by atoms with Crippen LogP contribution in [-0.2, 0) is 4.79 Å². The quantitative estimate of drug-likeness (QED) is 0.746. The van der Waals surface area contributed by atoms with E-state index >= 15 is 0 Å². The van der Waals surface area contributed by atoms with Crippen molar-refractivity contribution in [3.63, 3.8) is 0 Å². The van der Waals surface area contributed by atoms with Gasteiger partial charge < -0.3 is 14.3 Å². The van der Waals surface area contributed by atoms with Gasteiger partial charge in [0.05, 0.1) is 18.2 Å². The van der Waals surface area contributed by atoms with Gasteiger partial charge in [-0.1, -0.05) is 18.5 Å². The van der Waals surface area contributed by atoms with Crippen LogP contribution in [0.25, 0.3) is 0 Å². The normalized spacial score (nSPS) is 16.4. The molecule has 0 saturated carbocycles. The fourth-order valence-corrected chi connectivity index (χ4v) is 1.87. The molecule has 0 fully saturated rings. The molecule has 0 aliphatic carbocycles. The number of halogens is 1. The van der Waals surface area contributed by atoms with Gasteiger partial charge >= 0.3 is 0 Å². The van der Waals surface area contributed by atoms with Gasteiger partial charge in [-0.05, 0) is 17.7 Å². The lowest BCUT2D eigenvalue weighted by Gasteiger charge is -2.12. The number of rotatable bonds is 2. The average Bonchev–Trinajstić information content (AvgIpc) is 2.53. The summed E-state index contributed by atoms with van der Waals surface area (Å²) in [7, 11) is 0. The van der Waals surface area contributed by atoms with Gasteiger partial charge in [0, 0.05) is 12.3 Å². The van der Waals surface area contributed by atoms with Crippen LogP contribution in [0.5, 0.6) is 11.5 Å². The maximum atomic E-state index is 10.7. The van der Waals surface area contributed by atoms with Crippen molar-refractivity contribution in [2.75, 3.05) is 13.2 Å². The molecule has 1 aliphatic heterocycles. The lowest BCUT2D eigenvalue weighted by atomic mass is 10.0. The van der Waals surface area contributed by atoms with Gasteiger partial charge in [0.15, 0.2) is 11.5 Å². The third-order valence-corrected chi connectivity index (χ3v) is 2.84. The summed E-state index contributed by atoms with van der Waals surface area (Å²) in [6, 6.07) is 3.58. The summed E-state index contributed by atoms with van der Waals surface area (Å²) in [5.74, 6) is 1.03. The van der Waals surface area contributed by atoms with Crippen molar-refractivity contribution in [2.45, 2.75) is 19.3 Å². The highest BCUT2D eigenvalue weighted by Crippen LogP contribution is 2.39. The fraction of sp³-hybridized carbons (Fsp3) is 0.417. The predicted octanol–water partition coefficient (Wildman–Crippen LogP) is 2.80. The summed E-state index contributed by atoms with van der Waals surface area (Å²) < 4.78 is 11.0. The SMILES string of the molecule is CC(C=O)c1cc(Cl)c2c(c1)OCCCO2. The Balaban J connectivity index is 2.43. The van der Waals surface area contributed by atoms with Gasteiger partial charge in [-0.2, -0.15) is 0 Å². The zero-order valence-electron chi connectivity index (χ0n) is 9.03. The number of carbonyl (C=O) groups is 1. The molecule has 1 aliphatic rings. The molecule has 0 saturated heterocycles. The number of fused-ring (bicyclic) bond motifs is 1. The summed E-state index contributed by atoms with van der Waals surface area (Å²) in [5.41, 5.74) is 0.851. The van der Waals surface area contributed by atoms with Crippen molar-refractivity contribution < 1.29 is 14.3 Å². The van der Waals surface area contributed by atoms with Gasteiger partial charge in [-0.15, -0.1) is 0 Å². The largest absolute Gasteiger partial charge is 0.489 e. The Hall–Kier alpha value is -1.22. The summed E-state index contributed by atoms with van der Waals surface area (Å²) in [4.78, 5) is 10.7. The molecule has 0 aromatic heterocycles. The Morgan fingerprint density at radius 3 is 2.88 bits per heavy atom. The van der Waals surface area contributed by atoms with Crippen LogP contribution in [0.3, 0.4) is 0 Å². The fourth-order valence-electron chi connectivity index (χ4n) is 1.59. The van der Waals surface area contributed by atoms with Crippen molar-refractivity contribution in [3.8, 4) is 11.5 Å². The molecule has 3 nitrogen and oxygen atoms in total. The monoisotopic (exact) mass is 240 g/mol. The zero-order chi connectivity index (χ0) is 11.5. The van der Waals surface area contributed by atoms with E-state index in [-0.39, 0.29) is 5.92 Å². The number of aldehydes is 1. The summed E-state index contributed by atoms with van der Waals surface area (Å²) in [6.45, 7) is 3.04. The molecule has 0 spiro atoms. The molecule has 1 aromatic rings. The van der Waals surface area contributed by atoms with Crippen LogP contribution in [0.2, 0.25) is 5.02 Å². The van der Waals surface area contributed by atoms with Crippen molar-refractivity contribution in [2.24, 2.45) is 0 Å². The zero-order valence-corrected chi connectivity index (χ0v) is 9.79. The van der Waals surface area contributed by atoms with Crippen LogP contribution in [0.1, 0.15) is 24.8 Å². The summed E-state index contributed by atoms with van der Waals surface area (Å²) in [5, 5.41) is 0.503. The number of ether oxygens (including phenoxy) is 2. The first-order chi connectivity index (χ1) is 7.72. The summed E-state index contributed by atoms with van der Waals surface area (Å²) in [6.07, 6.45) is 1.72. The second-order valence-electron chi connectivity index (χ2n) is 3.81. The minimum atomic E-state index is -0.186. The van der Waals surface area contributed by atoms with Gasteiger partial charge in [-0.25, -0.2) is 0 Å². The first-order valence-electron chi connectivity index (χ1n) is 5.26. The molecule has 1 aromatic carbocycles. The molecule has 0 bridgehead atoms. The van der Waals surface area contributed by atoms with Crippen molar-refractivity contribution in [1.82, 2.24) is 0 Å². The average molecular weight is 241 g/mol. The maximum absolute atomic E-state index is 10.7. The highest BCUT2D eigenvalue weighted by atomic mass is 35.5. The molecule has 0 radical (unpaired) electrons. The first-order valence-corrected chi connectivity index (χ1v) is 5.64. The van der Waals surface area contributed by atoms with E-state index < -0.39 is 0 Å². The molecule has 16 heavy (non-hydrogen) atoms. The lowest BCUT2D eigenvalue weighted by molar-refractivity contribution is -0.108. The maximum Gasteiger partial charge on any atom is 0.179 e. The van der Waals surface area contributed by atoms with Gasteiger partial charge in [-0.3, -0.25) is 0 Å². The third-order valence-electron chi connectivity index (χ3n) is 2.55. The molecule has 1 atom stereocenters. The Bertz CT molecular complexity index is 403. The summed E-state index contributed by atoms with van der Waals surface area (Å²) >= 11 is 6.10. The Morgan fingerprint density at radius 1 is 1.38 bits per heavy atom. The van der Waals surface area contributed by atoms with E-state index in [1.807, 2.05) is 13.0 Å². The van der Waals surface area contributed by atoms with Crippen molar-refractivity contribution in [1.29, 1.82) is 0 Å². The number of benzene rings is 1. The predicted molar refractivity (Wildman–Crippen MR) is 61.5 cm³/mol. The number of carbonyl (C=O) groups excluding carboxylic acids is 1. The van der Waals surface area contributed by atoms with Crippen molar-refractivity contribution >= 4 is 17.9 Å². The van der Waals surface area contributed by atoms with Crippen LogP contribution in [0.15, 0.2) is 12.1 Å². The highest BCUT2D eigenvalue weighted by Gasteiger charge is 2.17. The van der Waals surface area contributed by atoms with Gasteiger partial charge in [0.1, 0.15) is 6.29 Å². The van der Waals surface area contributed by atoms with E-state index in [1.54, 1.807) is 6.07 Å². The minimum Gasteiger partial charge on any atom is -0.489 e. The number of hydrogen-bond acceptors (Lipinski definition) is 3. The van der Waals surface area contributed by atoms with E-state index in [0.717, 1.165) is 18.3 Å². The van der Waals surface area contributed by atoms with E-state index in [1.165, 1.54) is 0 Å². The molecule has 0 amide bonds. The molecule has 86 valence electrons. The topological polar surface area (TPSA) is 35.5 Å². The molecule has 2 rings (SSSR count). The molecule has 1 heterocycles. The second-order valence-corrected chi connectivity index (χ2v) is 4.21. The van der Waals surface area contributed by atoms with Crippen LogP contribution < -0.4 is 9.47 Å². The highest BCUT2D eigenvalue weighted by molar-refractivity contribution is 6.32. The molecule has 1 unspecified atom stereocenters. The first kappa shape index (κ1) is 11.3. The van der Waals surface area contributed by atoms with Gasteiger partial charge in [0.25, 0.3) is 0 Å². The molecular formula is C12H13ClO3. The van der Waals surface area contributed by atoms with E-state index in [9.17, 15) is 4.79 Å². The lowest BCUT2D eigenvalue weighted by Crippen LogP contribution is -1.98. The Labute approximate surface area is 99.3 Å². The standard InChI is InChI=1S/C12H13ClO3/c1-8(7-14)9-5-10(13)12-11(6-9)15-3-2-4-16-12/h5-8H,2-4H2,1H3. The van der Waals surface area contributed by atoms with E-state index in [0.29, 0.717) is 29.7 Å². The van der Waals surface area contributed by atoms with Crippen LogP contribution in [0.4, 0.5) is 0 Å². The molecule has 4 heteroatoms. The molecular weight excluding hydrogens is 228 g/mol.